The molecule has 0 amide bonds. The normalized spacial score (nSPS) is 15.3. The first-order valence-electron chi connectivity index (χ1n) is 8.08. The van der Waals surface area contributed by atoms with E-state index in [-0.39, 0.29) is 12.2 Å². The molecule has 0 bridgehead atoms. The highest BCUT2D eigenvalue weighted by molar-refractivity contribution is 7.81. The molecule has 3 rings (SSSR count). The molecular formula is C18H20N2O4S. The average molecular weight is 360 g/mol. The van der Waals surface area contributed by atoms with Crippen LogP contribution in [0.15, 0.2) is 28.9 Å². The number of hydrogen-bond donors (Lipinski definition) is 1. The SMILES string of the molecule is CCOC(=O)c1c(NC(=S)c2ccncc2)oc2c1COC(C)(C)C2. The molecule has 0 saturated carbocycles. The molecular weight excluding hydrogens is 340 g/mol. The van der Waals surface area contributed by atoms with E-state index in [1.807, 2.05) is 13.8 Å². The van der Waals surface area contributed by atoms with Crippen LogP contribution in [0.4, 0.5) is 5.88 Å². The number of carbonyl (C=O) groups is 1. The Morgan fingerprint density at radius 1 is 1.40 bits per heavy atom. The molecule has 0 aliphatic carbocycles. The van der Waals surface area contributed by atoms with Crippen LogP contribution in [0.25, 0.3) is 0 Å². The monoisotopic (exact) mass is 360 g/mol. The number of anilines is 1. The molecule has 3 heterocycles. The molecule has 1 N–H and O–H groups in total. The molecule has 1 aliphatic heterocycles. The first-order chi connectivity index (χ1) is 11.9. The fraction of sp³-hybridized carbons (Fsp3) is 0.389. The van der Waals surface area contributed by atoms with Crippen molar-refractivity contribution in [2.75, 3.05) is 11.9 Å². The van der Waals surface area contributed by atoms with E-state index in [4.69, 9.17) is 26.1 Å². The van der Waals surface area contributed by atoms with Gasteiger partial charge in [-0.15, -0.1) is 0 Å². The number of pyridine rings is 1. The van der Waals surface area contributed by atoms with E-state index < -0.39 is 5.97 Å². The van der Waals surface area contributed by atoms with Gasteiger partial charge in [-0.25, -0.2) is 4.79 Å². The number of carbonyl (C=O) groups excluding carboxylic acids is 1. The molecule has 6 nitrogen and oxygen atoms in total. The Labute approximate surface area is 151 Å². The molecule has 7 heteroatoms. The van der Waals surface area contributed by atoms with Crippen LogP contribution in [0.2, 0.25) is 0 Å². The molecule has 132 valence electrons. The molecule has 25 heavy (non-hydrogen) atoms. The number of esters is 1. The van der Waals surface area contributed by atoms with Crippen molar-refractivity contribution in [1.82, 2.24) is 4.98 Å². The highest BCUT2D eigenvalue weighted by Crippen LogP contribution is 2.36. The van der Waals surface area contributed by atoms with Crippen molar-refractivity contribution in [3.05, 3.63) is 47.0 Å². The van der Waals surface area contributed by atoms with Gasteiger partial charge in [0.15, 0.2) is 0 Å². The Kier molecular flexibility index (Phi) is 4.87. The maximum absolute atomic E-state index is 12.4. The largest absolute Gasteiger partial charge is 0.462 e. The number of fused-ring (bicyclic) bond motifs is 1. The van der Waals surface area contributed by atoms with E-state index in [1.54, 1.807) is 31.5 Å². The Hall–Kier alpha value is -2.25. The molecule has 1 aliphatic rings. The quantitative estimate of drug-likeness (QED) is 0.661. The molecule has 0 fully saturated rings. The van der Waals surface area contributed by atoms with Crippen molar-refractivity contribution < 1.29 is 18.7 Å². The molecule has 0 unspecified atom stereocenters. The summed E-state index contributed by atoms with van der Waals surface area (Å²) in [6.45, 7) is 6.30. The molecule has 0 radical (unpaired) electrons. The molecule has 0 saturated heterocycles. The van der Waals surface area contributed by atoms with E-state index in [0.717, 1.165) is 16.9 Å². The Morgan fingerprint density at radius 3 is 2.80 bits per heavy atom. The second-order valence-corrected chi connectivity index (χ2v) is 6.75. The second kappa shape index (κ2) is 6.93. The minimum absolute atomic E-state index is 0.277. The van der Waals surface area contributed by atoms with Gasteiger partial charge in [-0.3, -0.25) is 4.98 Å². The molecule has 0 atom stereocenters. The first kappa shape index (κ1) is 17.6. The smallest absolute Gasteiger partial charge is 0.344 e. The predicted octanol–water partition coefficient (Wildman–Crippen LogP) is 3.49. The topological polar surface area (TPSA) is 73.6 Å². The number of hydrogen-bond acceptors (Lipinski definition) is 6. The van der Waals surface area contributed by atoms with Crippen molar-refractivity contribution in [3.63, 3.8) is 0 Å². The minimum Gasteiger partial charge on any atom is -0.462 e. The van der Waals surface area contributed by atoms with E-state index in [2.05, 4.69) is 10.3 Å². The maximum Gasteiger partial charge on any atom is 0.344 e. The van der Waals surface area contributed by atoms with Gasteiger partial charge in [0.05, 0.1) is 18.8 Å². The standard InChI is InChI=1S/C18H20N2O4S/c1-4-22-17(21)14-12-10-23-18(2,3)9-13(12)24-15(14)20-16(25)11-5-7-19-8-6-11/h5-8H,4,9-10H2,1-3H3,(H,20,25). The van der Waals surface area contributed by atoms with Crippen molar-refractivity contribution in [3.8, 4) is 0 Å². The second-order valence-electron chi connectivity index (χ2n) is 6.34. The van der Waals surface area contributed by atoms with Crippen molar-refractivity contribution in [1.29, 1.82) is 0 Å². The number of aromatic nitrogens is 1. The fourth-order valence-electron chi connectivity index (χ4n) is 2.70. The number of furan rings is 1. The maximum atomic E-state index is 12.4. The number of nitrogens with zero attached hydrogens (tertiary/aromatic N) is 1. The summed E-state index contributed by atoms with van der Waals surface area (Å²) in [5.74, 6) is 0.571. The van der Waals surface area contributed by atoms with E-state index in [9.17, 15) is 4.79 Å². The zero-order chi connectivity index (χ0) is 18.0. The Balaban J connectivity index is 1.96. The third-order valence-corrected chi connectivity index (χ3v) is 4.27. The van der Waals surface area contributed by atoms with Crippen LogP contribution in [0, 0.1) is 0 Å². The highest BCUT2D eigenvalue weighted by Gasteiger charge is 2.35. The zero-order valence-electron chi connectivity index (χ0n) is 14.4. The van der Waals surface area contributed by atoms with Crippen LogP contribution >= 0.6 is 12.2 Å². The van der Waals surface area contributed by atoms with Crippen LogP contribution in [-0.2, 0) is 22.5 Å². The van der Waals surface area contributed by atoms with Crippen LogP contribution in [0.1, 0.15) is 48.0 Å². The zero-order valence-corrected chi connectivity index (χ0v) is 15.2. The van der Waals surface area contributed by atoms with Gasteiger partial charge in [0, 0.05) is 29.9 Å². The third-order valence-electron chi connectivity index (χ3n) is 3.93. The lowest BCUT2D eigenvalue weighted by Crippen LogP contribution is -2.31. The summed E-state index contributed by atoms with van der Waals surface area (Å²) in [4.78, 5) is 16.9. The summed E-state index contributed by atoms with van der Waals surface area (Å²) in [7, 11) is 0. The molecule has 0 aromatic carbocycles. The van der Waals surface area contributed by atoms with Gasteiger partial charge in [-0.2, -0.15) is 0 Å². The number of ether oxygens (including phenoxy) is 2. The summed E-state index contributed by atoms with van der Waals surface area (Å²) < 4.78 is 16.9. The van der Waals surface area contributed by atoms with Crippen molar-refractivity contribution >= 4 is 29.1 Å². The summed E-state index contributed by atoms with van der Waals surface area (Å²) in [5.41, 5.74) is 1.51. The van der Waals surface area contributed by atoms with E-state index in [1.165, 1.54) is 0 Å². The number of rotatable bonds is 4. The lowest BCUT2D eigenvalue weighted by atomic mass is 9.96. The molecule has 0 spiro atoms. The van der Waals surface area contributed by atoms with Gasteiger partial charge >= 0.3 is 5.97 Å². The van der Waals surface area contributed by atoms with Gasteiger partial charge in [-0.1, -0.05) is 12.2 Å². The van der Waals surface area contributed by atoms with Crippen LogP contribution in [-0.4, -0.2) is 28.1 Å². The van der Waals surface area contributed by atoms with Gasteiger partial charge in [-0.05, 0) is 32.9 Å². The predicted molar refractivity (Wildman–Crippen MR) is 96.8 cm³/mol. The van der Waals surface area contributed by atoms with Gasteiger partial charge in [0.25, 0.3) is 0 Å². The average Bonchev–Trinajstić information content (AvgIpc) is 2.91. The fourth-order valence-corrected chi connectivity index (χ4v) is 2.93. The highest BCUT2D eigenvalue weighted by atomic mass is 32.1. The van der Waals surface area contributed by atoms with E-state index >= 15 is 0 Å². The Morgan fingerprint density at radius 2 is 2.12 bits per heavy atom. The van der Waals surface area contributed by atoms with Gasteiger partial charge in [0.2, 0.25) is 5.88 Å². The summed E-state index contributed by atoms with van der Waals surface area (Å²) in [5, 5.41) is 3.03. The first-order valence-corrected chi connectivity index (χ1v) is 8.49. The minimum atomic E-state index is -0.448. The molecule has 2 aromatic heterocycles. The number of nitrogens with one attached hydrogen (secondary N) is 1. The lowest BCUT2D eigenvalue weighted by molar-refractivity contribution is -0.0450. The molecule has 2 aromatic rings. The van der Waals surface area contributed by atoms with Gasteiger partial charge < -0.3 is 19.2 Å². The summed E-state index contributed by atoms with van der Waals surface area (Å²) >= 11 is 5.42. The van der Waals surface area contributed by atoms with Crippen molar-refractivity contribution in [2.45, 2.75) is 39.4 Å². The Bertz CT molecular complexity index is 799. The summed E-state index contributed by atoms with van der Waals surface area (Å²) in [6, 6.07) is 3.57. The van der Waals surface area contributed by atoms with Gasteiger partial charge in [0.1, 0.15) is 16.3 Å². The summed E-state index contributed by atoms with van der Waals surface area (Å²) in [6.07, 6.45) is 3.87. The third kappa shape index (κ3) is 3.72. The van der Waals surface area contributed by atoms with Crippen molar-refractivity contribution in [2.24, 2.45) is 0 Å². The van der Waals surface area contributed by atoms with Crippen LogP contribution < -0.4 is 5.32 Å². The van der Waals surface area contributed by atoms with Crippen LogP contribution in [0.5, 0.6) is 0 Å². The van der Waals surface area contributed by atoms with Crippen LogP contribution in [0.3, 0.4) is 0 Å². The lowest BCUT2D eigenvalue weighted by Gasteiger charge is -2.29. The number of thiocarbonyl (C=S) groups is 1. The van der Waals surface area contributed by atoms with E-state index in [0.29, 0.717) is 29.5 Å².